The molecule has 0 spiro atoms. The first-order valence-corrected chi connectivity index (χ1v) is 5.70. The molecule has 1 N–H and O–H groups in total. The Bertz CT molecular complexity index is 314. The number of thiazole rings is 1. The Morgan fingerprint density at radius 3 is 2.81 bits per heavy atom. The molecule has 1 aromatic rings. The minimum Gasteiger partial charge on any atom is -0.382 e. The number of halogens is 3. The highest BCUT2D eigenvalue weighted by Gasteiger charge is 2.33. The monoisotopic (exact) mass is 254 g/mol. The van der Waals surface area contributed by atoms with Crippen LogP contribution in [0, 0.1) is 0 Å². The van der Waals surface area contributed by atoms with Gasteiger partial charge in [-0.25, -0.2) is 4.98 Å². The summed E-state index contributed by atoms with van der Waals surface area (Å²) in [5.41, 5.74) is 0. The van der Waals surface area contributed by atoms with Crippen molar-refractivity contribution in [3.8, 4) is 0 Å². The van der Waals surface area contributed by atoms with Gasteiger partial charge in [-0.05, 0) is 13.3 Å². The van der Waals surface area contributed by atoms with E-state index in [2.05, 4.69) is 10.3 Å². The van der Waals surface area contributed by atoms with Crippen molar-refractivity contribution in [1.29, 1.82) is 0 Å². The molecule has 1 aromatic heterocycles. The van der Waals surface area contributed by atoms with Crippen LogP contribution in [0.4, 0.5) is 18.3 Å². The summed E-state index contributed by atoms with van der Waals surface area (Å²) in [5, 5.41) is 3.12. The highest BCUT2D eigenvalue weighted by molar-refractivity contribution is 7.15. The van der Waals surface area contributed by atoms with Crippen molar-refractivity contribution in [3.05, 3.63) is 11.1 Å². The van der Waals surface area contributed by atoms with E-state index < -0.39 is 11.1 Å². The Labute approximate surface area is 95.6 Å². The zero-order chi connectivity index (χ0) is 12.0. The Balaban J connectivity index is 2.30. The number of anilines is 1. The second-order valence-electron chi connectivity index (χ2n) is 3.00. The van der Waals surface area contributed by atoms with E-state index in [0.29, 0.717) is 36.2 Å². The molecule has 0 unspecified atom stereocenters. The first-order chi connectivity index (χ1) is 7.54. The molecule has 0 aromatic carbocycles. The quantitative estimate of drug-likeness (QED) is 0.792. The summed E-state index contributed by atoms with van der Waals surface area (Å²) in [7, 11) is 0. The minimum atomic E-state index is -4.30. The molecule has 0 fully saturated rings. The fourth-order valence-electron chi connectivity index (χ4n) is 1.00. The molecule has 0 amide bonds. The second-order valence-corrected chi connectivity index (χ2v) is 4.04. The van der Waals surface area contributed by atoms with Crippen molar-refractivity contribution in [2.45, 2.75) is 19.5 Å². The Kier molecular flexibility index (Phi) is 5.01. The number of ether oxygens (including phenoxy) is 1. The molecular weight excluding hydrogens is 241 g/mol. The number of aromatic nitrogens is 1. The van der Waals surface area contributed by atoms with E-state index in [0.717, 1.165) is 12.6 Å². The largest absolute Gasteiger partial charge is 0.427 e. The lowest BCUT2D eigenvalue weighted by Crippen LogP contribution is -2.05. The van der Waals surface area contributed by atoms with E-state index in [4.69, 9.17) is 4.74 Å². The van der Waals surface area contributed by atoms with Gasteiger partial charge >= 0.3 is 6.18 Å². The molecule has 0 aliphatic rings. The van der Waals surface area contributed by atoms with Crippen LogP contribution in [0.3, 0.4) is 0 Å². The number of alkyl halides is 3. The molecule has 0 saturated heterocycles. The number of rotatable bonds is 6. The van der Waals surface area contributed by atoms with Gasteiger partial charge in [0, 0.05) is 19.8 Å². The fraction of sp³-hybridized carbons (Fsp3) is 0.667. The molecule has 0 radical (unpaired) electrons. The van der Waals surface area contributed by atoms with Gasteiger partial charge in [0.1, 0.15) is 4.88 Å². The van der Waals surface area contributed by atoms with E-state index in [1.54, 1.807) is 0 Å². The van der Waals surface area contributed by atoms with Crippen molar-refractivity contribution in [2.75, 3.05) is 25.1 Å². The zero-order valence-electron chi connectivity index (χ0n) is 8.80. The molecule has 0 atom stereocenters. The molecule has 92 valence electrons. The zero-order valence-corrected chi connectivity index (χ0v) is 9.62. The highest BCUT2D eigenvalue weighted by atomic mass is 32.1. The highest BCUT2D eigenvalue weighted by Crippen LogP contribution is 2.34. The van der Waals surface area contributed by atoms with Gasteiger partial charge < -0.3 is 10.1 Å². The SMILES string of the molecule is CCOCCCNc1ncc(C(F)(F)F)s1. The topological polar surface area (TPSA) is 34.1 Å². The Morgan fingerprint density at radius 2 is 2.25 bits per heavy atom. The van der Waals surface area contributed by atoms with Gasteiger partial charge in [0.25, 0.3) is 0 Å². The van der Waals surface area contributed by atoms with Crippen LogP contribution in [0.25, 0.3) is 0 Å². The van der Waals surface area contributed by atoms with E-state index in [9.17, 15) is 13.2 Å². The van der Waals surface area contributed by atoms with Gasteiger partial charge in [-0.3, -0.25) is 0 Å². The van der Waals surface area contributed by atoms with Crippen molar-refractivity contribution in [3.63, 3.8) is 0 Å². The van der Waals surface area contributed by atoms with E-state index in [1.807, 2.05) is 6.92 Å². The molecule has 0 bridgehead atoms. The first kappa shape index (κ1) is 13.2. The third-order valence-corrected chi connectivity index (χ3v) is 2.73. The van der Waals surface area contributed by atoms with Crippen molar-refractivity contribution in [2.24, 2.45) is 0 Å². The van der Waals surface area contributed by atoms with Crippen LogP contribution in [0.2, 0.25) is 0 Å². The van der Waals surface area contributed by atoms with Gasteiger partial charge in [-0.1, -0.05) is 11.3 Å². The summed E-state index contributed by atoms with van der Waals surface area (Å²) in [6, 6.07) is 0. The van der Waals surface area contributed by atoms with Crippen molar-refractivity contribution < 1.29 is 17.9 Å². The van der Waals surface area contributed by atoms with Crippen LogP contribution < -0.4 is 5.32 Å². The predicted octanol–water partition coefficient (Wildman–Crippen LogP) is 3.00. The van der Waals surface area contributed by atoms with Crippen molar-refractivity contribution >= 4 is 16.5 Å². The van der Waals surface area contributed by atoms with Gasteiger partial charge in [0.05, 0.1) is 6.20 Å². The van der Waals surface area contributed by atoms with Crippen LogP contribution in [-0.2, 0) is 10.9 Å². The standard InChI is InChI=1S/C9H13F3N2OS/c1-2-15-5-3-4-13-8-14-6-7(16-8)9(10,11)12/h6H,2-5H2,1H3,(H,13,14). The van der Waals surface area contributed by atoms with Gasteiger partial charge in [-0.15, -0.1) is 0 Å². The summed E-state index contributed by atoms with van der Waals surface area (Å²) >= 11 is 0.616. The lowest BCUT2D eigenvalue weighted by molar-refractivity contribution is -0.134. The Morgan fingerprint density at radius 1 is 1.50 bits per heavy atom. The molecule has 0 aliphatic carbocycles. The predicted molar refractivity (Wildman–Crippen MR) is 56.7 cm³/mol. The van der Waals surface area contributed by atoms with Gasteiger partial charge in [0.15, 0.2) is 5.13 Å². The van der Waals surface area contributed by atoms with Gasteiger partial charge in [-0.2, -0.15) is 13.2 Å². The molecule has 7 heteroatoms. The maximum Gasteiger partial charge on any atom is 0.427 e. The maximum atomic E-state index is 12.2. The van der Waals surface area contributed by atoms with Crippen molar-refractivity contribution in [1.82, 2.24) is 4.98 Å². The summed E-state index contributed by atoms with van der Waals surface area (Å²) in [4.78, 5) is 2.97. The lowest BCUT2D eigenvalue weighted by Gasteiger charge is -2.02. The number of nitrogens with one attached hydrogen (secondary N) is 1. The maximum absolute atomic E-state index is 12.2. The van der Waals surface area contributed by atoms with E-state index in [1.165, 1.54) is 0 Å². The second kappa shape index (κ2) is 6.05. The smallest absolute Gasteiger partial charge is 0.382 e. The van der Waals surface area contributed by atoms with Crippen LogP contribution in [0.1, 0.15) is 18.2 Å². The van der Waals surface area contributed by atoms with Crippen LogP contribution in [0.5, 0.6) is 0 Å². The molecule has 0 saturated carbocycles. The molecule has 1 rings (SSSR count). The van der Waals surface area contributed by atoms with E-state index in [-0.39, 0.29) is 0 Å². The molecule has 0 aliphatic heterocycles. The van der Waals surface area contributed by atoms with Crippen LogP contribution in [0.15, 0.2) is 6.20 Å². The number of nitrogens with zero attached hydrogens (tertiary/aromatic N) is 1. The van der Waals surface area contributed by atoms with Crippen LogP contribution >= 0.6 is 11.3 Å². The number of hydrogen-bond donors (Lipinski definition) is 1. The summed E-state index contributed by atoms with van der Waals surface area (Å²) in [6.45, 7) is 3.70. The molecular formula is C9H13F3N2OS. The fourth-order valence-corrected chi connectivity index (χ4v) is 1.71. The third kappa shape index (κ3) is 4.36. The van der Waals surface area contributed by atoms with Gasteiger partial charge in [0.2, 0.25) is 0 Å². The lowest BCUT2D eigenvalue weighted by atomic mass is 10.4. The average Bonchev–Trinajstić information content (AvgIpc) is 2.65. The Hall–Kier alpha value is -0.820. The van der Waals surface area contributed by atoms with E-state index >= 15 is 0 Å². The first-order valence-electron chi connectivity index (χ1n) is 4.88. The summed E-state index contributed by atoms with van der Waals surface area (Å²) in [6.07, 6.45) is -2.72. The normalized spacial score (nSPS) is 11.8. The molecule has 1 heterocycles. The summed E-state index contributed by atoms with van der Waals surface area (Å²) in [5.74, 6) is 0. The molecule has 3 nitrogen and oxygen atoms in total. The minimum absolute atomic E-state index is 0.295. The average molecular weight is 254 g/mol. The molecule has 16 heavy (non-hydrogen) atoms. The summed E-state index contributed by atoms with van der Waals surface area (Å²) < 4.78 is 41.7. The number of hydrogen-bond acceptors (Lipinski definition) is 4. The van der Waals surface area contributed by atoms with Crippen LogP contribution in [-0.4, -0.2) is 24.7 Å². The third-order valence-electron chi connectivity index (χ3n) is 1.73.